The molecule has 0 saturated heterocycles. The number of hydrogen-bond acceptors (Lipinski definition) is 1. The summed E-state index contributed by atoms with van der Waals surface area (Å²) in [5.41, 5.74) is 4.96. The van der Waals surface area contributed by atoms with Gasteiger partial charge in [0, 0.05) is 12.1 Å². The topological polar surface area (TPSA) is 12.0 Å². The summed E-state index contributed by atoms with van der Waals surface area (Å²) in [5.74, 6) is 0. The Hall–Kier alpha value is -0.820. The second kappa shape index (κ2) is 3.97. The fourth-order valence-electron chi connectivity index (χ4n) is 2.50. The summed E-state index contributed by atoms with van der Waals surface area (Å²) in [5, 5.41) is 3.65. The van der Waals surface area contributed by atoms with E-state index >= 15 is 0 Å². The van der Waals surface area contributed by atoms with E-state index in [0.717, 1.165) is 6.54 Å². The van der Waals surface area contributed by atoms with Crippen molar-refractivity contribution in [2.45, 2.75) is 45.6 Å². The van der Waals surface area contributed by atoms with Crippen molar-refractivity contribution >= 4 is 0 Å². The van der Waals surface area contributed by atoms with Crippen molar-refractivity contribution < 1.29 is 0 Å². The van der Waals surface area contributed by atoms with Crippen molar-refractivity contribution in [3.63, 3.8) is 0 Å². The molecule has 1 fully saturated rings. The summed E-state index contributed by atoms with van der Waals surface area (Å²) in [4.78, 5) is 0. The van der Waals surface area contributed by atoms with Gasteiger partial charge in [0.2, 0.25) is 0 Å². The maximum Gasteiger partial charge on any atom is 0.0439 e. The van der Waals surface area contributed by atoms with E-state index in [1.54, 1.807) is 11.1 Å². The van der Waals surface area contributed by atoms with Crippen LogP contribution >= 0.6 is 0 Å². The van der Waals surface area contributed by atoms with Crippen LogP contribution < -0.4 is 5.32 Å². The van der Waals surface area contributed by atoms with Crippen LogP contribution in [0.15, 0.2) is 18.2 Å². The molecule has 0 bridgehead atoms. The summed E-state index contributed by atoms with van der Waals surface area (Å²) >= 11 is 0. The van der Waals surface area contributed by atoms with Crippen LogP contribution in [-0.4, -0.2) is 6.54 Å². The number of hydrogen-bond donors (Lipinski definition) is 1. The fourth-order valence-corrected chi connectivity index (χ4v) is 2.50. The Morgan fingerprint density at radius 2 is 1.93 bits per heavy atom. The second-order valence-corrected chi connectivity index (χ2v) is 4.42. The monoisotopic (exact) mass is 203 g/mol. The van der Waals surface area contributed by atoms with Gasteiger partial charge in [0.1, 0.15) is 0 Å². The predicted octanol–water partition coefficient (Wildman–Crippen LogP) is 3.16. The molecular weight excluding hydrogens is 182 g/mol. The van der Waals surface area contributed by atoms with Crippen molar-refractivity contribution in [3.05, 3.63) is 34.9 Å². The van der Waals surface area contributed by atoms with Gasteiger partial charge in [0.15, 0.2) is 0 Å². The van der Waals surface area contributed by atoms with Crippen LogP contribution in [0, 0.1) is 6.92 Å². The SMILES string of the molecule is CC.Cc1ccc2c(c1)CCNC21CC1. The van der Waals surface area contributed by atoms with Gasteiger partial charge in [-0.2, -0.15) is 0 Å². The molecule has 3 rings (SSSR count). The first-order chi connectivity index (χ1) is 7.30. The van der Waals surface area contributed by atoms with Gasteiger partial charge in [0.25, 0.3) is 0 Å². The first-order valence-corrected chi connectivity index (χ1v) is 6.15. The van der Waals surface area contributed by atoms with Gasteiger partial charge in [-0.05, 0) is 37.3 Å². The molecule has 82 valence electrons. The molecule has 0 amide bonds. The number of fused-ring (bicyclic) bond motifs is 2. The van der Waals surface area contributed by atoms with E-state index < -0.39 is 0 Å². The summed E-state index contributed by atoms with van der Waals surface area (Å²) in [7, 11) is 0. The van der Waals surface area contributed by atoms with Crippen LogP contribution in [0.3, 0.4) is 0 Å². The zero-order chi connectivity index (χ0) is 10.9. The normalized spacial score (nSPS) is 20.2. The van der Waals surface area contributed by atoms with Crippen LogP contribution in [0.1, 0.15) is 43.4 Å². The Morgan fingerprint density at radius 3 is 2.60 bits per heavy atom. The van der Waals surface area contributed by atoms with E-state index in [9.17, 15) is 0 Å². The molecule has 1 heterocycles. The lowest BCUT2D eigenvalue weighted by Crippen LogP contribution is -2.36. The van der Waals surface area contributed by atoms with Crippen molar-refractivity contribution in [2.75, 3.05) is 6.54 Å². The third-order valence-electron chi connectivity index (χ3n) is 3.38. The zero-order valence-electron chi connectivity index (χ0n) is 10.1. The molecule has 15 heavy (non-hydrogen) atoms. The maximum absolute atomic E-state index is 3.65. The van der Waals surface area contributed by atoms with Gasteiger partial charge in [-0.3, -0.25) is 0 Å². The van der Waals surface area contributed by atoms with Crippen molar-refractivity contribution in [1.82, 2.24) is 5.32 Å². The Bertz CT molecular complexity index is 350. The van der Waals surface area contributed by atoms with E-state index in [4.69, 9.17) is 0 Å². The molecule has 2 aliphatic rings. The quantitative estimate of drug-likeness (QED) is 0.683. The Kier molecular flexibility index (Phi) is 2.83. The van der Waals surface area contributed by atoms with Gasteiger partial charge in [0.05, 0.1) is 0 Å². The number of aryl methyl sites for hydroxylation is 1. The Labute approximate surface area is 92.9 Å². The molecule has 1 aromatic rings. The molecule has 1 nitrogen and oxygen atoms in total. The highest BCUT2D eigenvalue weighted by Gasteiger charge is 2.46. The average Bonchev–Trinajstić information content (AvgIpc) is 3.02. The van der Waals surface area contributed by atoms with Gasteiger partial charge < -0.3 is 5.32 Å². The van der Waals surface area contributed by atoms with Gasteiger partial charge >= 0.3 is 0 Å². The smallest absolute Gasteiger partial charge is 0.0439 e. The zero-order valence-corrected chi connectivity index (χ0v) is 10.1. The van der Waals surface area contributed by atoms with E-state index in [1.807, 2.05) is 13.8 Å². The van der Waals surface area contributed by atoms with Crippen LogP contribution in [0.4, 0.5) is 0 Å². The summed E-state index contributed by atoms with van der Waals surface area (Å²) in [6, 6.07) is 6.92. The van der Waals surface area contributed by atoms with Crippen LogP contribution in [0.5, 0.6) is 0 Å². The molecule has 1 aromatic carbocycles. The van der Waals surface area contributed by atoms with Crippen LogP contribution in [-0.2, 0) is 12.0 Å². The largest absolute Gasteiger partial charge is 0.307 e. The minimum Gasteiger partial charge on any atom is -0.307 e. The van der Waals surface area contributed by atoms with Gasteiger partial charge in [-0.1, -0.05) is 37.6 Å². The average molecular weight is 203 g/mol. The van der Waals surface area contributed by atoms with Crippen molar-refractivity contribution in [1.29, 1.82) is 0 Å². The molecule has 0 unspecified atom stereocenters. The van der Waals surface area contributed by atoms with Crippen molar-refractivity contribution in [2.24, 2.45) is 0 Å². The number of nitrogens with one attached hydrogen (secondary N) is 1. The Morgan fingerprint density at radius 1 is 1.20 bits per heavy atom. The third-order valence-corrected chi connectivity index (χ3v) is 3.38. The molecule has 0 radical (unpaired) electrons. The van der Waals surface area contributed by atoms with Crippen molar-refractivity contribution in [3.8, 4) is 0 Å². The third kappa shape index (κ3) is 1.81. The second-order valence-electron chi connectivity index (χ2n) is 4.42. The highest BCUT2D eigenvalue weighted by molar-refractivity contribution is 5.42. The molecule has 1 N–H and O–H groups in total. The fraction of sp³-hybridized carbons (Fsp3) is 0.571. The maximum atomic E-state index is 3.65. The van der Waals surface area contributed by atoms with E-state index in [1.165, 1.54) is 24.8 Å². The predicted molar refractivity (Wildman–Crippen MR) is 65.1 cm³/mol. The minimum atomic E-state index is 0.404. The molecule has 1 spiro atoms. The standard InChI is InChI=1S/C12H15N.C2H6/c1-9-2-3-11-10(8-9)4-7-13-12(11)5-6-12;1-2/h2-3,8,13H,4-7H2,1H3;1-2H3. The lowest BCUT2D eigenvalue weighted by atomic mass is 9.91. The Balaban J connectivity index is 0.000000404. The lowest BCUT2D eigenvalue weighted by molar-refractivity contribution is 0.489. The van der Waals surface area contributed by atoms with E-state index in [0.29, 0.717) is 5.54 Å². The lowest BCUT2D eigenvalue weighted by Gasteiger charge is -2.27. The van der Waals surface area contributed by atoms with Gasteiger partial charge in [-0.25, -0.2) is 0 Å². The van der Waals surface area contributed by atoms with Crippen LogP contribution in [0.2, 0.25) is 0 Å². The molecule has 0 aromatic heterocycles. The first-order valence-electron chi connectivity index (χ1n) is 6.15. The molecule has 1 heteroatoms. The number of benzene rings is 1. The van der Waals surface area contributed by atoms with Crippen LogP contribution in [0.25, 0.3) is 0 Å². The summed E-state index contributed by atoms with van der Waals surface area (Å²) < 4.78 is 0. The molecular formula is C14H21N. The number of rotatable bonds is 0. The molecule has 1 aliphatic carbocycles. The molecule has 0 atom stereocenters. The summed E-state index contributed by atoms with van der Waals surface area (Å²) in [6.45, 7) is 7.35. The molecule has 1 saturated carbocycles. The molecule has 1 aliphatic heterocycles. The summed E-state index contributed by atoms with van der Waals surface area (Å²) in [6.07, 6.45) is 3.88. The minimum absolute atomic E-state index is 0.404. The first kappa shape index (κ1) is 10.7. The van der Waals surface area contributed by atoms with E-state index in [-0.39, 0.29) is 0 Å². The van der Waals surface area contributed by atoms with Gasteiger partial charge in [-0.15, -0.1) is 0 Å². The highest BCUT2D eigenvalue weighted by Crippen LogP contribution is 2.48. The highest BCUT2D eigenvalue weighted by atomic mass is 15.0. The van der Waals surface area contributed by atoms with E-state index in [2.05, 4.69) is 30.4 Å².